The summed E-state index contributed by atoms with van der Waals surface area (Å²) in [6, 6.07) is 10.1. The summed E-state index contributed by atoms with van der Waals surface area (Å²) in [5.41, 5.74) is 0.724. The van der Waals surface area contributed by atoms with Gasteiger partial charge in [0.1, 0.15) is 5.60 Å². The Morgan fingerprint density at radius 3 is 2.48 bits per heavy atom. The summed E-state index contributed by atoms with van der Waals surface area (Å²) in [6.45, 7) is 8.21. The number of carbonyl (C=O) groups is 1. The van der Waals surface area contributed by atoms with Crippen molar-refractivity contribution in [3.05, 3.63) is 35.9 Å². The molecule has 126 valence electrons. The van der Waals surface area contributed by atoms with Crippen LogP contribution in [0.1, 0.15) is 44.9 Å². The second-order valence-corrected chi connectivity index (χ2v) is 8.15. The summed E-state index contributed by atoms with van der Waals surface area (Å²) < 4.78 is 5.81. The van der Waals surface area contributed by atoms with Gasteiger partial charge in [-0.05, 0) is 43.8 Å². The molecule has 1 aromatic carbocycles. The predicted molar refractivity (Wildman–Crippen MR) is 101 cm³/mol. The molecule has 0 bridgehead atoms. The van der Waals surface area contributed by atoms with Crippen molar-refractivity contribution >= 4 is 35.1 Å². The first kappa shape index (κ1) is 18.3. The lowest BCUT2D eigenvalue weighted by molar-refractivity contribution is -0.129. The van der Waals surface area contributed by atoms with Gasteiger partial charge in [0.25, 0.3) is 5.17 Å². The molecular formula is C18H25NO2S2. The lowest BCUT2D eigenvalue weighted by Gasteiger charge is -2.32. The largest absolute Gasteiger partial charge is 0.462 e. The van der Waals surface area contributed by atoms with Gasteiger partial charge in [-0.25, -0.2) is 0 Å². The summed E-state index contributed by atoms with van der Waals surface area (Å²) in [7, 11) is 0. The SMILES string of the molecule is CS[C@@H](CC(=O)N1C(=S)OC(C)(C)[C@@H]1C(C)C)c1ccccc1. The van der Waals surface area contributed by atoms with E-state index in [-0.39, 0.29) is 23.1 Å². The van der Waals surface area contributed by atoms with Crippen LogP contribution in [0.15, 0.2) is 30.3 Å². The molecule has 0 radical (unpaired) electrons. The van der Waals surface area contributed by atoms with Gasteiger partial charge in [0.2, 0.25) is 5.91 Å². The third-order valence-electron chi connectivity index (χ3n) is 4.25. The summed E-state index contributed by atoms with van der Waals surface area (Å²) in [4.78, 5) is 14.6. The molecule has 23 heavy (non-hydrogen) atoms. The number of thiocarbonyl (C=S) groups is 1. The number of ether oxygens (including phenoxy) is 1. The highest BCUT2D eigenvalue weighted by atomic mass is 32.2. The highest BCUT2D eigenvalue weighted by Crippen LogP contribution is 2.37. The molecule has 0 N–H and O–H groups in total. The smallest absolute Gasteiger partial charge is 0.267 e. The third kappa shape index (κ3) is 3.89. The molecule has 2 atom stereocenters. The minimum Gasteiger partial charge on any atom is -0.462 e. The van der Waals surface area contributed by atoms with Gasteiger partial charge in [0.15, 0.2) is 0 Å². The molecule has 3 nitrogen and oxygen atoms in total. The van der Waals surface area contributed by atoms with Crippen molar-refractivity contribution in [1.82, 2.24) is 4.90 Å². The van der Waals surface area contributed by atoms with Crippen LogP contribution in [0, 0.1) is 5.92 Å². The van der Waals surface area contributed by atoms with Crippen LogP contribution in [-0.4, -0.2) is 33.9 Å². The van der Waals surface area contributed by atoms with E-state index in [2.05, 4.69) is 26.0 Å². The molecule has 0 aromatic heterocycles. The zero-order valence-electron chi connectivity index (χ0n) is 14.4. The summed E-state index contributed by atoms with van der Waals surface area (Å²) in [5.74, 6) is 0.321. The minimum atomic E-state index is -0.442. The van der Waals surface area contributed by atoms with Crippen molar-refractivity contribution in [3.8, 4) is 0 Å². The second kappa shape index (κ2) is 7.22. The van der Waals surface area contributed by atoms with Crippen LogP contribution in [0.5, 0.6) is 0 Å². The maximum atomic E-state index is 12.9. The van der Waals surface area contributed by atoms with E-state index < -0.39 is 5.60 Å². The topological polar surface area (TPSA) is 29.5 Å². The van der Waals surface area contributed by atoms with E-state index in [1.165, 1.54) is 5.56 Å². The van der Waals surface area contributed by atoms with Gasteiger partial charge < -0.3 is 4.74 Å². The zero-order chi connectivity index (χ0) is 17.2. The van der Waals surface area contributed by atoms with E-state index >= 15 is 0 Å². The Balaban J connectivity index is 2.20. The molecule has 0 aliphatic carbocycles. The first-order valence-electron chi connectivity index (χ1n) is 7.90. The van der Waals surface area contributed by atoms with Gasteiger partial charge in [0, 0.05) is 11.7 Å². The highest BCUT2D eigenvalue weighted by Gasteiger charge is 2.49. The van der Waals surface area contributed by atoms with Crippen molar-refractivity contribution in [2.45, 2.75) is 51.0 Å². The molecular weight excluding hydrogens is 326 g/mol. The molecule has 2 rings (SSSR count). The average Bonchev–Trinajstić information content (AvgIpc) is 2.74. The molecule has 5 heteroatoms. The number of hydrogen-bond donors (Lipinski definition) is 0. The van der Waals surface area contributed by atoms with Crippen molar-refractivity contribution in [3.63, 3.8) is 0 Å². The van der Waals surface area contributed by atoms with E-state index in [0.29, 0.717) is 11.6 Å². The molecule has 1 aromatic rings. The molecule has 1 aliphatic rings. The number of rotatable bonds is 5. The zero-order valence-corrected chi connectivity index (χ0v) is 16.0. The van der Waals surface area contributed by atoms with Crippen LogP contribution in [0.25, 0.3) is 0 Å². The fourth-order valence-corrected chi connectivity index (χ4v) is 4.55. The Kier molecular flexibility index (Phi) is 5.74. The monoisotopic (exact) mass is 351 g/mol. The standard InChI is InChI=1S/C18H25NO2S2/c1-12(2)16-18(3,4)21-17(22)19(16)15(20)11-14(23-5)13-9-7-6-8-10-13/h6-10,12,14,16H,11H2,1-5H3/t14-,16-/m0/s1. The first-order chi connectivity index (χ1) is 10.8. The normalized spacial score (nSPS) is 21.4. The summed E-state index contributed by atoms with van der Waals surface area (Å²) in [6.07, 6.45) is 2.46. The fourth-order valence-electron chi connectivity index (χ4n) is 3.38. The highest BCUT2D eigenvalue weighted by molar-refractivity contribution is 7.98. The van der Waals surface area contributed by atoms with Crippen molar-refractivity contribution in [2.24, 2.45) is 5.92 Å². The van der Waals surface area contributed by atoms with Gasteiger partial charge in [-0.15, -0.1) is 0 Å². The predicted octanol–water partition coefficient (Wildman–Crippen LogP) is 4.43. The molecule has 0 unspecified atom stereocenters. The summed E-state index contributed by atoms with van der Waals surface area (Å²) in [5, 5.41) is 0.439. The number of hydrogen-bond acceptors (Lipinski definition) is 4. The van der Waals surface area contributed by atoms with Crippen LogP contribution in [-0.2, 0) is 9.53 Å². The number of carbonyl (C=O) groups excluding carboxylic acids is 1. The van der Waals surface area contributed by atoms with Gasteiger partial charge in [-0.2, -0.15) is 11.8 Å². The Morgan fingerprint density at radius 2 is 1.96 bits per heavy atom. The summed E-state index contributed by atoms with van der Waals surface area (Å²) >= 11 is 7.03. The Labute approximate surface area is 148 Å². The molecule has 0 saturated carbocycles. The quantitative estimate of drug-likeness (QED) is 0.734. The first-order valence-corrected chi connectivity index (χ1v) is 9.60. The van der Waals surface area contributed by atoms with Crippen LogP contribution in [0.4, 0.5) is 0 Å². The molecule has 1 amide bonds. The van der Waals surface area contributed by atoms with Gasteiger partial charge in [-0.3, -0.25) is 9.69 Å². The van der Waals surface area contributed by atoms with E-state index in [1.54, 1.807) is 16.7 Å². The Morgan fingerprint density at radius 1 is 1.35 bits per heavy atom. The van der Waals surface area contributed by atoms with Crippen molar-refractivity contribution in [2.75, 3.05) is 6.26 Å². The molecule has 0 spiro atoms. The van der Waals surface area contributed by atoms with Crippen molar-refractivity contribution < 1.29 is 9.53 Å². The van der Waals surface area contributed by atoms with Gasteiger partial charge in [-0.1, -0.05) is 44.2 Å². The maximum absolute atomic E-state index is 12.9. The lowest BCUT2D eigenvalue weighted by Crippen LogP contribution is -2.48. The van der Waals surface area contributed by atoms with Crippen LogP contribution in [0.2, 0.25) is 0 Å². The maximum Gasteiger partial charge on any atom is 0.267 e. The Bertz CT molecular complexity index is 572. The molecule has 1 aliphatic heterocycles. The van der Waals surface area contributed by atoms with Gasteiger partial charge in [0.05, 0.1) is 6.04 Å². The Hall–Kier alpha value is -1.07. The fraction of sp³-hybridized carbons (Fsp3) is 0.556. The lowest BCUT2D eigenvalue weighted by atomic mass is 9.88. The van der Waals surface area contributed by atoms with Crippen LogP contribution < -0.4 is 0 Å². The average molecular weight is 352 g/mol. The van der Waals surface area contributed by atoms with Gasteiger partial charge >= 0.3 is 0 Å². The van der Waals surface area contributed by atoms with E-state index in [0.717, 1.165) is 0 Å². The van der Waals surface area contributed by atoms with E-state index in [9.17, 15) is 4.79 Å². The van der Waals surface area contributed by atoms with E-state index in [4.69, 9.17) is 17.0 Å². The van der Waals surface area contributed by atoms with Crippen LogP contribution in [0.3, 0.4) is 0 Å². The molecule has 1 fully saturated rings. The third-order valence-corrected chi connectivity index (χ3v) is 5.54. The van der Waals surface area contributed by atoms with Crippen LogP contribution >= 0.6 is 24.0 Å². The molecule has 1 heterocycles. The number of nitrogens with zero attached hydrogens (tertiary/aromatic N) is 1. The number of thioether (sulfide) groups is 1. The second-order valence-electron chi connectivity index (χ2n) is 6.76. The van der Waals surface area contributed by atoms with E-state index in [1.807, 2.05) is 38.3 Å². The number of amides is 1. The molecule has 1 saturated heterocycles. The van der Waals surface area contributed by atoms with Crippen molar-refractivity contribution in [1.29, 1.82) is 0 Å². The minimum absolute atomic E-state index is 0.0271. The number of benzene rings is 1.